The van der Waals surface area contributed by atoms with Crippen LogP contribution in [0.3, 0.4) is 0 Å². The molecule has 1 aliphatic rings. The van der Waals surface area contributed by atoms with Gasteiger partial charge < -0.3 is 10.1 Å². The van der Waals surface area contributed by atoms with E-state index in [0.717, 1.165) is 42.5 Å². The van der Waals surface area contributed by atoms with Gasteiger partial charge in [0.25, 0.3) is 0 Å². The number of aryl methyl sites for hydroxylation is 1. The molecule has 1 aromatic heterocycles. The number of anilines is 1. The number of amides is 1. The zero-order valence-electron chi connectivity index (χ0n) is 15.5. The molecule has 1 amide bonds. The summed E-state index contributed by atoms with van der Waals surface area (Å²) in [6, 6.07) is 5.16. The first-order valence-corrected chi connectivity index (χ1v) is 10.8. The summed E-state index contributed by atoms with van der Waals surface area (Å²) >= 11 is 13.7. The monoisotopic (exact) mass is 437 g/mol. The van der Waals surface area contributed by atoms with Gasteiger partial charge in [-0.3, -0.25) is 4.79 Å². The molecule has 0 unspecified atom stereocenters. The number of halogens is 2. The van der Waals surface area contributed by atoms with Crippen molar-refractivity contribution >= 4 is 57.5 Å². The molecule has 0 spiro atoms. The van der Waals surface area contributed by atoms with Gasteiger partial charge in [0.1, 0.15) is 5.00 Å². The van der Waals surface area contributed by atoms with Gasteiger partial charge >= 0.3 is 5.97 Å². The van der Waals surface area contributed by atoms with Crippen LogP contribution in [0.5, 0.6) is 0 Å². The fraction of sp³-hybridized carbons (Fsp3) is 0.333. The quantitative estimate of drug-likeness (QED) is 0.435. The van der Waals surface area contributed by atoms with E-state index in [1.807, 2.05) is 6.92 Å². The molecule has 0 bridgehead atoms. The van der Waals surface area contributed by atoms with E-state index < -0.39 is 0 Å². The lowest BCUT2D eigenvalue weighted by Crippen LogP contribution is -2.14. The van der Waals surface area contributed by atoms with E-state index in [0.29, 0.717) is 32.8 Å². The second-order valence-electron chi connectivity index (χ2n) is 6.51. The highest BCUT2D eigenvalue weighted by atomic mass is 35.5. The Balaban J connectivity index is 1.83. The van der Waals surface area contributed by atoms with Gasteiger partial charge in [-0.05, 0) is 55.9 Å². The number of ether oxygens (including phenoxy) is 1. The number of benzene rings is 1. The Bertz CT molecular complexity index is 900. The molecule has 4 nitrogen and oxygen atoms in total. The summed E-state index contributed by atoms with van der Waals surface area (Å²) in [7, 11) is 0. The third-order valence-corrected chi connectivity index (χ3v) is 6.32. The van der Waals surface area contributed by atoms with Crippen LogP contribution < -0.4 is 5.32 Å². The van der Waals surface area contributed by atoms with Crippen molar-refractivity contribution in [3.05, 3.63) is 55.9 Å². The van der Waals surface area contributed by atoms with Crippen LogP contribution >= 0.6 is 34.5 Å². The number of fused-ring (bicyclic) bond motifs is 1. The highest BCUT2D eigenvalue weighted by molar-refractivity contribution is 7.17. The number of carbonyl (C=O) groups excluding carboxylic acids is 2. The lowest BCUT2D eigenvalue weighted by molar-refractivity contribution is -0.111. The summed E-state index contributed by atoms with van der Waals surface area (Å²) in [5.74, 6) is -0.714. The van der Waals surface area contributed by atoms with Crippen LogP contribution in [-0.2, 0) is 22.4 Å². The minimum atomic E-state index is -0.366. The SMILES string of the molecule is CCCOC(=O)c1c(NC(=O)/C=C/c2c(Cl)cccc2Cl)sc2c1CCCC2. The maximum absolute atomic E-state index is 12.6. The van der Waals surface area contributed by atoms with Crippen LogP contribution in [0.4, 0.5) is 5.00 Å². The van der Waals surface area contributed by atoms with Crippen LogP contribution in [0.2, 0.25) is 10.0 Å². The van der Waals surface area contributed by atoms with Gasteiger partial charge in [-0.15, -0.1) is 11.3 Å². The van der Waals surface area contributed by atoms with Crippen LogP contribution in [0.25, 0.3) is 6.08 Å². The fourth-order valence-electron chi connectivity index (χ4n) is 3.12. The van der Waals surface area contributed by atoms with Gasteiger partial charge in [0.05, 0.1) is 12.2 Å². The second kappa shape index (κ2) is 9.59. The molecular weight excluding hydrogens is 417 g/mol. The van der Waals surface area contributed by atoms with Crippen molar-refractivity contribution in [2.24, 2.45) is 0 Å². The minimum Gasteiger partial charge on any atom is -0.462 e. The van der Waals surface area contributed by atoms with E-state index >= 15 is 0 Å². The molecule has 0 radical (unpaired) electrons. The van der Waals surface area contributed by atoms with Crippen molar-refractivity contribution in [3.8, 4) is 0 Å². The highest BCUT2D eigenvalue weighted by Crippen LogP contribution is 2.38. The number of carbonyl (C=O) groups is 2. The lowest BCUT2D eigenvalue weighted by atomic mass is 9.95. The van der Waals surface area contributed by atoms with Crippen molar-refractivity contribution in [1.82, 2.24) is 0 Å². The van der Waals surface area contributed by atoms with Crippen LogP contribution in [0.1, 0.15) is 52.5 Å². The molecule has 1 N–H and O–H groups in total. The summed E-state index contributed by atoms with van der Waals surface area (Å²) in [5, 5.41) is 4.32. The zero-order chi connectivity index (χ0) is 20.1. The Morgan fingerprint density at radius 3 is 2.64 bits per heavy atom. The molecule has 0 aliphatic heterocycles. The number of esters is 1. The number of rotatable bonds is 6. The Morgan fingerprint density at radius 2 is 1.93 bits per heavy atom. The first-order chi connectivity index (χ1) is 13.5. The summed E-state index contributed by atoms with van der Waals surface area (Å²) in [4.78, 5) is 26.2. The summed E-state index contributed by atoms with van der Waals surface area (Å²) in [5.41, 5.74) is 2.10. The Kier molecular flexibility index (Phi) is 7.16. The molecule has 0 saturated carbocycles. The van der Waals surface area contributed by atoms with E-state index in [-0.39, 0.29) is 11.9 Å². The molecule has 1 heterocycles. The van der Waals surface area contributed by atoms with Gasteiger partial charge in [0.2, 0.25) is 5.91 Å². The largest absolute Gasteiger partial charge is 0.462 e. The van der Waals surface area contributed by atoms with E-state index in [9.17, 15) is 9.59 Å². The summed E-state index contributed by atoms with van der Waals surface area (Å²) < 4.78 is 5.35. The van der Waals surface area contributed by atoms with Crippen molar-refractivity contribution in [2.75, 3.05) is 11.9 Å². The van der Waals surface area contributed by atoms with E-state index in [2.05, 4.69) is 5.32 Å². The normalized spacial score (nSPS) is 13.4. The average molecular weight is 438 g/mol. The predicted molar refractivity (Wildman–Crippen MR) is 116 cm³/mol. The van der Waals surface area contributed by atoms with Gasteiger partial charge in [-0.25, -0.2) is 4.79 Å². The maximum Gasteiger partial charge on any atom is 0.341 e. The lowest BCUT2D eigenvalue weighted by Gasteiger charge is -2.12. The zero-order valence-corrected chi connectivity index (χ0v) is 17.8. The van der Waals surface area contributed by atoms with Gasteiger partial charge in [0, 0.05) is 26.6 Å². The first-order valence-electron chi connectivity index (χ1n) is 9.26. The van der Waals surface area contributed by atoms with Gasteiger partial charge in [-0.2, -0.15) is 0 Å². The Hall–Kier alpha value is -1.82. The van der Waals surface area contributed by atoms with Gasteiger partial charge in [0.15, 0.2) is 0 Å². The second-order valence-corrected chi connectivity index (χ2v) is 8.43. The van der Waals surface area contributed by atoms with Crippen molar-refractivity contribution in [2.45, 2.75) is 39.0 Å². The van der Waals surface area contributed by atoms with E-state index in [4.69, 9.17) is 27.9 Å². The predicted octanol–water partition coefficient (Wildman–Crippen LogP) is 6.15. The fourth-order valence-corrected chi connectivity index (χ4v) is 4.92. The molecule has 7 heteroatoms. The molecule has 2 aromatic rings. The molecule has 28 heavy (non-hydrogen) atoms. The number of nitrogens with one attached hydrogen (secondary N) is 1. The third-order valence-electron chi connectivity index (χ3n) is 4.45. The van der Waals surface area contributed by atoms with Crippen LogP contribution in [0, 0.1) is 0 Å². The first kappa shape index (κ1) is 20.9. The number of hydrogen-bond acceptors (Lipinski definition) is 4. The summed E-state index contributed by atoms with van der Waals surface area (Å²) in [6.07, 6.45) is 7.58. The molecule has 148 valence electrons. The standard InChI is InChI=1S/C21H21Cl2NO3S/c1-2-12-27-21(26)19-14-6-3-4-9-17(14)28-20(19)24-18(25)11-10-13-15(22)7-5-8-16(13)23/h5,7-8,10-11H,2-4,6,9,12H2,1H3,(H,24,25)/b11-10+. The Labute approximate surface area is 178 Å². The highest BCUT2D eigenvalue weighted by Gasteiger charge is 2.27. The van der Waals surface area contributed by atoms with Crippen LogP contribution in [0.15, 0.2) is 24.3 Å². The Morgan fingerprint density at radius 1 is 1.21 bits per heavy atom. The number of thiophene rings is 1. The molecular formula is C21H21Cl2NO3S. The molecule has 1 aromatic carbocycles. The topological polar surface area (TPSA) is 55.4 Å². The molecule has 0 saturated heterocycles. The van der Waals surface area contributed by atoms with Gasteiger partial charge in [-0.1, -0.05) is 36.2 Å². The van der Waals surface area contributed by atoms with E-state index in [1.54, 1.807) is 24.3 Å². The minimum absolute atomic E-state index is 0.348. The molecule has 0 atom stereocenters. The van der Waals surface area contributed by atoms with Crippen molar-refractivity contribution in [1.29, 1.82) is 0 Å². The molecule has 3 rings (SSSR count). The molecule has 0 fully saturated rings. The average Bonchev–Trinajstić information content (AvgIpc) is 3.03. The smallest absolute Gasteiger partial charge is 0.341 e. The third kappa shape index (κ3) is 4.77. The number of hydrogen-bond donors (Lipinski definition) is 1. The van der Waals surface area contributed by atoms with Crippen LogP contribution in [-0.4, -0.2) is 18.5 Å². The maximum atomic E-state index is 12.6. The van der Waals surface area contributed by atoms with Crippen molar-refractivity contribution in [3.63, 3.8) is 0 Å². The summed E-state index contributed by atoms with van der Waals surface area (Å²) in [6.45, 7) is 2.31. The molecule has 1 aliphatic carbocycles. The van der Waals surface area contributed by atoms with E-state index in [1.165, 1.54) is 17.4 Å². The van der Waals surface area contributed by atoms with Crippen molar-refractivity contribution < 1.29 is 14.3 Å².